The van der Waals surface area contributed by atoms with E-state index in [1.807, 2.05) is 12.1 Å². The molecule has 2 rings (SSSR count). The third kappa shape index (κ3) is 3.72. The molecule has 17 heavy (non-hydrogen) atoms. The molecule has 0 saturated heterocycles. The smallest absolute Gasteiger partial charge is 0.423 e. The third-order valence-corrected chi connectivity index (χ3v) is 3.45. The lowest BCUT2D eigenvalue weighted by Crippen LogP contribution is -2.29. The summed E-state index contributed by atoms with van der Waals surface area (Å²) in [7, 11) is -1.37. The molecular weight excluding hydrogens is 211 g/mol. The van der Waals surface area contributed by atoms with Crippen LogP contribution in [0.25, 0.3) is 6.08 Å². The Labute approximate surface area is 103 Å². The van der Waals surface area contributed by atoms with E-state index in [1.54, 1.807) is 12.1 Å². The van der Waals surface area contributed by atoms with Crippen LogP contribution >= 0.6 is 0 Å². The minimum atomic E-state index is -1.37. The van der Waals surface area contributed by atoms with Crippen LogP contribution in [0, 0.1) is 5.92 Å². The molecule has 2 nitrogen and oxygen atoms in total. The molecule has 0 unspecified atom stereocenters. The quantitative estimate of drug-likeness (QED) is 0.779. The average Bonchev–Trinajstić information content (AvgIpc) is 2.38. The number of benzene rings is 1. The summed E-state index contributed by atoms with van der Waals surface area (Å²) in [6.07, 6.45) is 11.1. The second-order valence-corrected chi connectivity index (χ2v) is 4.80. The summed E-state index contributed by atoms with van der Waals surface area (Å²) in [5.74, 6) is 0.729. The molecular formula is C14H19BO2. The topological polar surface area (TPSA) is 40.5 Å². The van der Waals surface area contributed by atoms with Crippen LogP contribution in [0.2, 0.25) is 0 Å². The van der Waals surface area contributed by atoms with E-state index in [9.17, 15) is 0 Å². The van der Waals surface area contributed by atoms with Gasteiger partial charge in [0, 0.05) is 0 Å². The molecule has 0 radical (unpaired) electrons. The Morgan fingerprint density at radius 1 is 1.00 bits per heavy atom. The van der Waals surface area contributed by atoms with E-state index < -0.39 is 7.12 Å². The summed E-state index contributed by atoms with van der Waals surface area (Å²) >= 11 is 0. The zero-order valence-electron chi connectivity index (χ0n) is 10.0. The van der Waals surface area contributed by atoms with Crippen molar-refractivity contribution in [1.82, 2.24) is 0 Å². The third-order valence-electron chi connectivity index (χ3n) is 3.45. The van der Waals surface area contributed by atoms with Crippen LogP contribution in [0.15, 0.2) is 30.3 Å². The van der Waals surface area contributed by atoms with Crippen LogP contribution in [-0.2, 0) is 0 Å². The first kappa shape index (κ1) is 12.4. The fraction of sp³-hybridized carbons (Fsp3) is 0.429. The first-order valence-corrected chi connectivity index (χ1v) is 6.40. The maximum absolute atomic E-state index is 8.99. The fourth-order valence-electron chi connectivity index (χ4n) is 2.35. The summed E-state index contributed by atoms with van der Waals surface area (Å²) in [6.45, 7) is 0. The Bertz CT molecular complexity index is 364. The van der Waals surface area contributed by atoms with E-state index in [0.29, 0.717) is 5.46 Å². The second kappa shape index (κ2) is 6.03. The van der Waals surface area contributed by atoms with Crippen LogP contribution in [0.1, 0.15) is 37.7 Å². The minimum Gasteiger partial charge on any atom is -0.423 e. The van der Waals surface area contributed by atoms with Gasteiger partial charge in [-0.2, -0.15) is 0 Å². The summed E-state index contributed by atoms with van der Waals surface area (Å²) in [5.41, 5.74) is 1.67. The van der Waals surface area contributed by atoms with Gasteiger partial charge in [0.1, 0.15) is 0 Å². The van der Waals surface area contributed by atoms with Crippen molar-refractivity contribution in [2.75, 3.05) is 0 Å². The molecule has 1 fully saturated rings. The highest BCUT2D eigenvalue weighted by Gasteiger charge is 2.10. The number of hydrogen-bond acceptors (Lipinski definition) is 2. The zero-order valence-corrected chi connectivity index (χ0v) is 10.0. The van der Waals surface area contributed by atoms with Gasteiger partial charge in [-0.3, -0.25) is 0 Å². The Morgan fingerprint density at radius 2 is 1.65 bits per heavy atom. The summed E-state index contributed by atoms with van der Waals surface area (Å²) < 4.78 is 0. The van der Waals surface area contributed by atoms with Crippen molar-refractivity contribution in [3.8, 4) is 0 Å². The molecule has 1 aromatic rings. The molecule has 0 heterocycles. The molecule has 3 heteroatoms. The lowest BCUT2D eigenvalue weighted by atomic mass is 9.80. The summed E-state index contributed by atoms with van der Waals surface area (Å²) in [4.78, 5) is 0. The van der Waals surface area contributed by atoms with Crippen molar-refractivity contribution < 1.29 is 10.0 Å². The van der Waals surface area contributed by atoms with Gasteiger partial charge in [-0.05, 0) is 29.8 Å². The molecule has 0 spiro atoms. The number of hydrogen-bond donors (Lipinski definition) is 2. The van der Waals surface area contributed by atoms with Crippen molar-refractivity contribution in [3.05, 3.63) is 35.9 Å². The largest absolute Gasteiger partial charge is 0.488 e. The Kier molecular flexibility index (Phi) is 4.40. The normalized spacial score (nSPS) is 17.5. The number of rotatable bonds is 3. The van der Waals surface area contributed by atoms with E-state index in [0.717, 1.165) is 11.5 Å². The van der Waals surface area contributed by atoms with E-state index in [2.05, 4.69) is 12.2 Å². The highest BCUT2D eigenvalue weighted by atomic mass is 16.4. The molecule has 0 aliphatic heterocycles. The molecule has 1 aromatic carbocycles. The van der Waals surface area contributed by atoms with Crippen LogP contribution in [0.3, 0.4) is 0 Å². The lowest BCUT2D eigenvalue weighted by Gasteiger charge is -2.17. The molecule has 1 aliphatic carbocycles. The summed E-state index contributed by atoms with van der Waals surface area (Å²) in [5, 5.41) is 18.0. The average molecular weight is 230 g/mol. The minimum absolute atomic E-state index is 0.541. The molecule has 0 bridgehead atoms. The Morgan fingerprint density at radius 3 is 2.24 bits per heavy atom. The molecule has 0 amide bonds. The monoisotopic (exact) mass is 230 g/mol. The number of allylic oxidation sites excluding steroid dienone is 1. The van der Waals surface area contributed by atoms with E-state index in [4.69, 9.17) is 10.0 Å². The van der Waals surface area contributed by atoms with Crippen LogP contribution in [-0.4, -0.2) is 17.2 Å². The standard InChI is InChI=1S/C14H19BO2/c16-15(17)14-10-8-13(9-11-14)7-6-12-4-2-1-3-5-12/h6-12,16-17H,1-5H2. The Balaban J connectivity index is 1.95. The van der Waals surface area contributed by atoms with Crippen molar-refractivity contribution in [2.24, 2.45) is 5.92 Å². The zero-order chi connectivity index (χ0) is 12.1. The maximum Gasteiger partial charge on any atom is 0.488 e. The van der Waals surface area contributed by atoms with Crippen LogP contribution in [0.4, 0.5) is 0 Å². The van der Waals surface area contributed by atoms with Gasteiger partial charge in [-0.15, -0.1) is 0 Å². The second-order valence-electron chi connectivity index (χ2n) is 4.80. The predicted octanol–water partition coefficient (Wildman–Crippen LogP) is 1.96. The predicted molar refractivity (Wildman–Crippen MR) is 71.9 cm³/mol. The molecule has 0 aromatic heterocycles. The molecule has 1 saturated carbocycles. The highest BCUT2D eigenvalue weighted by molar-refractivity contribution is 6.58. The van der Waals surface area contributed by atoms with Crippen molar-refractivity contribution in [2.45, 2.75) is 32.1 Å². The van der Waals surface area contributed by atoms with E-state index in [-0.39, 0.29) is 0 Å². The first-order chi connectivity index (χ1) is 8.25. The van der Waals surface area contributed by atoms with Crippen LogP contribution in [0.5, 0.6) is 0 Å². The van der Waals surface area contributed by atoms with E-state index >= 15 is 0 Å². The van der Waals surface area contributed by atoms with Gasteiger partial charge in [-0.25, -0.2) is 0 Å². The lowest BCUT2D eigenvalue weighted by molar-refractivity contribution is 0.420. The van der Waals surface area contributed by atoms with Crippen molar-refractivity contribution in [1.29, 1.82) is 0 Å². The van der Waals surface area contributed by atoms with Crippen molar-refractivity contribution in [3.63, 3.8) is 0 Å². The van der Waals surface area contributed by atoms with Gasteiger partial charge in [0.25, 0.3) is 0 Å². The van der Waals surface area contributed by atoms with Gasteiger partial charge in [0.2, 0.25) is 0 Å². The van der Waals surface area contributed by atoms with Gasteiger partial charge in [-0.1, -0.05) is 55.7 Å². The molecule has 90 valence electrons. The maximum atomic E-state index is 8.99. The highest BCUT2D eigenvalue weighted by Crippen LogP contribution is 2.25. The molecule has 2 N–H and O–H groups in total. The van der Waals surface area contributed by atoms with Gasteiger partial charge < -0.3 is 10.0 Å². The first-order valence-electron chi connectivity index (χ1n) is 6.40. The molecule has 1 aliphatic rings. The fourth-order valence-corrected chi connectivity index (χ4v) is 2.35. The SMILES string of the molecule is OB(O)c1ccc(C=CC2CCCCC2)cc1. The van der Waals surface area contributed by atoms with Gasteiger partial charge >= 0.3 is 7.12 Å². The van der Waals surface area contributed by atoms with Gasteiger partial charge in [0.15, 0.2) is 0 Å². The van der Waals surface area contributed by atoms with Gasteiger partial charge in [0.05, 0.1) is 0 Å². The Hall–Kier alpha value is -1.06. The van der Waals surface area contributed by atoms with E-state index in [1.165, 1.54) is 32.1 Å². The van der Waals surface area contributed by atoms with Crippen LogP contribution < -0.4 is 5.46 Å². The summed E-state index contributed by atoms with van der Waals surface area (Å²) in [6, 6.07) is 7.36. The molecule has 0 atom stereocenters. The van der Waals surface area contributed by atoms with Crippen molar-refractivity contribution >= 4 is 18.7 Å².